The summed E-state index contributed by atoms with van der Waals surface area (Å²) in [6, 6.07) is 0.558. The highest BCUT2D eigenvalue weighted by atomic mass is 16.3. The lowest BCUT2D eigenvalue weighted by Gasteiger charge is -2.31. The van der Waals surface area contributed by atoms with Gasteiger partial charge in [-0.3, -0.25) is 9.80 Å². The summed E-state index contributed by atoms with van der Waals surface area (Å²) in [7, 11) is 2.11. The van der Waals surface area contributed by atoms with Crippen molar-refractivity contribution in [2.75, 3.05) is 46.3 Å². The second kappa shape index (κ2) is 4.57. The monoisotopic (exact) mass is 199 g/mol. The fraction of sp³-hybridized carbons (Fsp3) is 1.00. The molecule has 0 saturated carbocycles. The lowest BCUT2D eigenvalue weighted by atomic mass is 10.2. The molecule has 0 spiro atoms. The van der Waals surface area contributed by atoms with E-state index in [4.69, 9.17) is 0 Å². The topological polar surface area (TPSA) is 38.7 Å². The van der Waals surface area contributed by atoms with E-state index in [0.29, 0.717) is 6.04 Å². The number of piperazine rings is 1. The van der Waals surface area contributed by atoms with Crippen LogP contribution in [0.1, 0.15) is 6.42 Å². The summed E-state index contributed by atoms with van der Waals surface area (Å²) in [5.74, 6) is 0. The molecule has 2 heterocycles. The molecular formula is C10H21N3O. The lowest BCUT2D eigenvalue weighted by molar-refractivity contribution is 0.176. The highest BCUT2D eigenvalue weighted by molar-refractivity contribution is 4.86. The molecular weight excluding hydrogens is 178 g/mol. The van der Waals surface area contributed by atoms with E-state index in [9.17, 15) is 5.11 Å². The van der Waals surface area contributed by atoms with Crippen LogP contribution >= 0.6 is 0 Å². The number of hydrogen-bond acceptors (Lipinski definition) is 4. The molecule has 4 heteroatoms. The van der Waals surface area contributed by atoms with Crippen molar-refractivity contribution < 1.29 is 5.11 Å². The van der Waals surface area contributed by atoms with Crippen molar-refractivity contribution in [2.45, 2.75) is 18.6 Å². The smallest absolute Gasteiger partial charge is 0.0682 e. The van der Waals surface area contributed by atoms with Gasteiger partial charge < -0.3 is 10.4 Å². The van der Waals surface area contributed by atoms with Gasteiger partial charge in [-0.05, 0) is 13.5 Å². The zero-order valence-electron chi connectivity index (χ0n) is 8.95. The molecule has 0 amide bonds. The van der Waals surface area contributed by atoms with Crippen LogP contribution in [-0.4, -0.2) is 73.4 Å². The van der Waals surface area contributed by atoms with Crippen LogP contribution in [0, 0.1) is 0 Å². The molecule has 2 saturated heterocycles. The van der Waals surface area contributed by atoms with Crippen LogP contribution in [0.4, 0.5) is 0 Å². The lowest BCUT2D eigenvalue weighted by Crippen LogP contribution is -2.48. The van der Waals surface area contributed by atoms with Crippen molar-refractivity contribution in [1.82, 2.24) is 15.1 Å². The molecule has 2 atom stereocenters. The van der Waals surface area contributed by atoms with Crippen LogP contribution in [0.5, 0.6) is 0 Å². The van der Waals surface area contributed by atoms with Crippen LogP contribution < -0.4 is 5.32 Å². The third-order valence-electron chi connectivity index (χ3n) is 3.34. The molecule has 0 aromatic carbocycles. The van der Waals surface area contributed by atoms with E-state index >= 15 is 0 Å². The Morgan fingerprint density at radius 3 is 2.64 bits per heavy atom. The Labute approximate surface area is 85.9 Å². The molecule has 2 aliphatic rings. The van der Waals surface area contributed by atoms with Gasteiger partial charge in [0.15, 0.2) is 0 Å². The number of β-amino-alcohol motifs (C(OH)–C–C–N with tert-alkyl or cyclic N) is 1. The van der Waals surface area contributed by atoms with Gasteiger partial charge in [0.05, 0.1) is 6.10 Å². The summed E-state index contributed by atoms with van der Waals surface area (Å²) in [5, 5.41) is 12.9. The molecule has 0 aromatic rings. The van der Waals surface area contributed by atoms with E-state index in [2.05, 4.69) is 22.2 Å². The van der Waals surface area contributed by atoms with Crippen molar-refractivity contribution in [1.29, 1.82) is 0 Å². The van der Waals surface area contributed by atoms with Gasteiger partial charge in [0.2, 0.25) is 0 Å². The third-order valence-corrected chi connectivity index (χ3v) is 3.34. The standard InChI is InChI=1S/C10H21N3O/c1-12-8-10(14)6-9(12)7-13-4-2-11-3-5-13/h9-11,14H,2-8H2,1H3/t9-,10+/m1/s1. The second-order valence-corrected chi connectivity index (χ2v) is 4.53. The molecule has 0 aliphatic carbocycles. The number of hydrogen-bond donors (Lipinski definition) is 2. The quantitative estimate of drug-likeness (QED) is 0.596. The van der Waals surface area contributed by atoms with Crippen molar-refractivity contribution in [2.24, 2.45) is 0 Å². The number of likely N-dealkylation sites (tertiary alicyclic amines) is 1. The summed E-state index contributed by atoms with van der Waals surface area (Å²) in [6.45, 7) is 6.49. The molecule has 0 unspecified atom stereocenters. The number of aliphatic hydroxyl groups is 1. The van der Waals surface area contributed by atoms with E-state index in [0.717, 1.165) is 45.7 Å². The summed E-state index contributed by atoms with van der Waals surface area (Å²) in [6.07, 6.45) is 0.841. The zero-order valence-corrected chi connectivity index (χ0v) is 8.95. The van der Waals surface area contributed by atoms with Gasteiger partial charge in [-0.15, -0.1) is 0 Å². The predicted octanol–water partition coefficient (Wildman–Crippen LogP) is -1.04. The largest absolute Gasteiger partial charge is 0.392 e. The molecule has 0 bridgehead atoms. The van der Waals surface area contributed by atoms with Crippen LogP contribution in [0.2, 0.25) is 0 Å². The third kappa shape index (κ3) is 2.45. The Hall–Kier alpha value is -0.160. The summed E-state index contributed by atoms with van der Waals surface area (Å²) < 4.78 is 0. The van der Waals surface area contributed by atoms with Crippen LogP contribution in [0.15, 0.2) is 0 Å². The maximum absolute atomic E-state index is 9.53. The zero-order chi connectivity index (χ0) is 9.97. The number of rotatable bonds is 2. The molecule has 82 valence electrons. The van der Waals surface area contributed by atoms with E-state index < -0.39 is 0 Å². The van der Waals surface area contributed by atoms with Crippen molar-refractivity contribution >= 4 is 0 Å². The summed E-state index contributed by atoms with van der Waals surface area (Å²) >= 11 is 0. The molecule has 2 aliphatic heterocycles. The second-order valence-electron chi connectivity index (χ2n) is 4.53. The first-order valence-electron chi connectivity index (χ1n) is 5.57. The van der Waals surface area contributed by atoms with Crippen LogP contribution in [0.25, 0.3) is 0 Å². The normalized spacial score (nSPS) is 36.4. The molecule has 2 fully saturated rings. The van der Waals surface area contributed by atoms with E-state index in [1.54, 1.807) is 0 Å². The van der Waals surface area contributed by atoms with Gasteiger partial charge in [-0.25, -0.2) is 0 Å². The molecule has 0 radical (unpaired) electrons. The number of nitrogens with one attached hydrogen (secondary N) is 1. The molecule has 2 rings (SSSR count). The van der Waals surface area contributed by atoms with Crippen LogP contribution in [0.3, 0.4) is 0 Å². The van der Waals surface area contributed by atoms with Gasteiger partial charge >= 0.3 is 0 Å². The minimum atomic E-state index is -0.104. The molecule has 4 nitrogen and oxygen atoms in total. The number of aliphatic hydroxyl groups excluding tert-OH is 1. The van der Waals surface area contributed by atoms with E-state index in [-0.39, 0.29) is 6.10 Å². The Kier molecular flexibility index (Phi) is 3.38. The average molecular weight is 199 g/mol. The Morgan fingerprint density at radius 1 is 1.36 bits per heavy atom. The van der Waals surface area contributed by atoms with Crippen molar-refractivity contribution in [3.05, 3.63) is 0 Å². The Balaban J connectivity index is 1.78. The Morgan fingerprint density at radius 2 is 2.07 bits per heavy atom. The molecule has 0 aromatic heterocycles. The first kappa shape index (κ1) is 10.4. The maximum Gasteiger partial charge on any atom is 0.0682 e. The number of likely N-dealkylation sites (N-methyl/N-ethyl adjacent to an activating group) is 1. The van der Waals surface area contributed by atoms with Crippen molar-refractivity contribution in [3.8, 4) is 0 Å². The van der Waals surface area contributed by atoms with Gasteiger partial charge in [-0.2, -0.15) is 0 Å². The average Bonchev–Trinajstić information content (AvgIpc) is 2.47. The van der Waals surface area contributed by atoms with Gasteiger partial charge in [0.1, 0.15) is 0 Å². The SMILES string of the molecule is CN1C[C@@H](O)C[C@@H]1CN1CCNCC1. The first-order chi connectivity index (χ1) is 6.75. The molecule has 2 N–H and O–H groups in total. The Bertz CT molecular complexity index is 182. The summed E-state index contributed by atoms with van der Waals surface area (Å²) in [4.78, 5) is 4.78. The number of nitrogens with zero attached hydrogens (tertiary/aromatic N) is 2. The summed E-state index contributed by atoms with van der Waals surface area (Å²) in [5.41, 5.74) is 0. The molecule has 14 heavy (non-hydrogen) atoms. The predicted molar refractivity (Wildman–Crippen MR) is 56.4 cm³/mol. The minimum Gasteiger partial charge on any atom is -0.392 e. The van der Waals surface area contributed by atoms with Gasteiger partial charge in [-0.1, -0.05) is 0 Å². The fourth-order valence-electron chi connectivity index (χ4n) is 2.46. The maximum atomic E-state index is 9.53. The fourth-order valence-corrected chi connectivity index (χ4v) is 2.46. The first-order valence-corrected chi connectivity index (χ1v) is 5.57. The van der Waals surface area contributed by atoms with E-state index in [1.165, 1.54) is 0 Å². The van der Waals surface area contributed by atoms with Crippen LogP contribution in [-0.2, 0) is 0 Å². The highest BCUT2D eigenvalue weighted by Crippen LogP contribution is 2.16. The van der Waals surface area contributed by atoms with Gasteiger partial charge in [0.25, 0.3) is 0 Å². The van der Waals surface area contributed by atoms with Crippen molar-refractivity contribution in [3.63, 3.8) is 0 Å². The van der Waals surface area contributed by atoms with Gasteiger partial charge in [0, 0.05) is 45.3 Å². The highest BCUT2D eigenvalue weighted by Gasteiger charge is 2.29. The van der Waals surface area contributed by atoms with E-state index in [1.807, 2.05) is 0 Å². The minimum absolute atomic E-state index is 0.104.